The lowest BCUT2D eigenvalue weighted by molar-refractivity contribution is -0.116. The van der Waals surface area contributed by atoms with Crippen LogP contribution in [0.3, 0.4) is 0 Å². The first-order valence-electron chi connectivity index (χ1n) is 9.81. The molecule has 0 radical (unpaired) electrons. The maximum atomic E-state index is 12.3. The summed E-state index contributed by atoms with van der Waals surface area (Å²) in [7, 11) is 3.21. The number of ether oxygens (including phenoxy) is 2. The van der Waals surface area contributed by atoms with Gasteiger partial charge in [-0.2, -0.15) is 0 Å². The number of amides is 1. The molecule has 0 unspecified atom stereocenters. The maximum Gasteiger partial charge on any atom is 0.225 e. The number of carbonyl (C=O) groups is 1. The molecule has 1 aromatic heterocycles. The van der Waals surface area contributed by atoms with Crippen molar-refractivity contribution >= 4 is 17.4 Å². The van der Waals surface area contributed by atoms with Crippen molar-refractivity contribution in [2.45, 2.75) is 32.6 Å². The van der Waals surface area contributed by atoms with E-state index in [9.17, 15) is 4.79 Å². The molecule has 1 amide bonds. The fraction of sp³-hybridized carbons (Fsp3) is 0.455. The highest BCUT2D eigenvalue weighted by Crippen LogP contribution is 2.28. The Bertz CT molecular complexity index is 784. The zero-order valence-electron chi connectivity index (χ0n) is 16.9. The van der Waals surface area contributed by atoms with Crippen LogP contribution in [0.5, 0.6) is 11.5 Å². The number of hydrogen-bond donors (Lipinski definition) is 1. The van der Waals surface area contributed by atoms with Gasteiger partial charge in [0.15, 0.2) is 11.5 Å². The van der Waals surface area contributed by atoms with Crippen LogP contribution in [0.4, 0.5) is 11.5 Å². The molecule has 28 heavy (non-hydrogen) atoms. The van der Waals surface area contributed by atoms with Gasteiger partial charge in [-0.25, -0.2) is 4.98 Å². The Morgan fingerprint density at radius 3 is 2.54 bits per heavy atom. The van der Waals surface area contributed by atoms with E-state index >= 15 is 0 Å². The van der Waals surface area contributed by atoms with Gasteiger partial charge in [0.25, 0.3) is 0 Å². The van der Waals surface area contributed by atoms with Gasteiger partial charge < -0.3 is 19.7 Å². The molecule has 2 heterocycles. The third kappa shape index (κ3) is 5.15. The van der Waals surface area contributed by atoms with Gasteiger partial charge in [0.2, 0.25) is 5.91 Å². The summed E-state index contributed by atoms with van der Waals surface area (Å²) in [6.45, 7) is 4.44. The van der Waals surface area contributed by atoms with Gasteiger partial charge >= 0.3 is 0 Å². The maximum absolute atomic E-state index is 12.3. The molecule has 2 aromatic rings. The molecule has 1 fully saturated rings. The van der Waals surface area contributed by atoms with E-state index in [0.29, 0.717) is 30.2 Å². The van der Waals surface area contributed by atoms with E-state index in [2.05, 4.69) is 22.1 Å². The van der Waals surface area contributed by atoms with Gasteiger partial charge in [0, 0.05) is 19.5 Å². The number of pyridine rings is 1. The number of carbonyl (C=O) groups excluding carboxylic acids is 1. The number of anilines is 2. The summed E-state index contributed by atoms with van der Waals surface area (Å²) in [5, 5.41) is 2.88. The second-order valence-corrected chi connectivity index (χ2v) is 7.31. The van der Waals surface area contributed by atoms with Gasteiger partial charge in [-0.1, -0.05) is 13.0 Å². The molecular weight excluding hydrogens is 354 g/mol. The van der Waals surface area contributed by atoms with Crippen LogP contribution in [0.15, 0.2) is 36.5 Å². The van der Waals surface area contributed by atoms with Crippen molar-refractivity contribution in [3.8, 4) is 11.5 Å². The van der Waals surface area contributed by atoms with Crippen LogP contribution in [-0.2, 0) is 11.2 Å². The molecule has 3 rings (SSSR count). The topological polar surface area (TPSA) is 63.7 Å². The fourth-order valence-corrected chi connectivity index (χ4v) is 3.41. The summed E-state index contributed by atoms with van der Waals surface area (Å²) in [5.41, 5.74) is 2.14. The molecule has 1 N–H and O–H groups in total. The van der Waals surface area contributed by atoms with Crippen molar-refractivity contribution in [2.75, 3.05) is 37.5 Å². The molecule has 6 heteroatoms. The molecule has 1 aliphatic rings. The zero-order chi connectivity index (χ0) is 19.9. The SMILES string of the molecule is COc1ccc(CCC(=O)Nc2ccc(N3CCC(C)CC3)cn2)cc1OC. The van der Waals surface area contributed by atoms with Crippen LogP contribution in [-0.4, -0.2) is 38.2 Å². The zero-order valence-corrected chi connectivity index (χ0v) is 16.9. The predicted molar refractivity (Wildman–Crippen MR) is 111 cm³/mol. The molecule has 0 saturated carbocycles. The summed E-state index contributed by atoms with van der Waals surface area (Å²) in [6.07, 6.45) is 5.28. The van der Waals surface area contributed by atoms with Crippen molar-refractivity contribution in [1.82, 2.24) is 4.98 Å². The van der Waals surface area contributed by atoms with Gasteiger partial charge in [0.05, 0.1) is 26.1 Å². The Kier molecular flexibility index (Phi) is 6.74. The smallest absolute Gasteiger partial charge is 0.225 e. The molecular formula is C22H29N3O3. The molecule has 1 aliphatic heterocycles. The number of nitrogens with one attached hydrogen (secondary N) is 1. The van der Waals surface area contributed by atoms with Crippen molar-refractivity contribution in [3.05, 3.63) is 42.1 Å². The third-order valence-corrected chi connectivity index (χ3v) is 5.25. The molecule has 0 bridgehead atoms. The first-order chi connectivity index (χ1) is 13.6. The number of nitrogens with zero attached hydrogens (tertiary/aromatic N) is 2. The lowest BCUT2D eigenvalue weighted by Crippen LogP contribution is -2.32. The standard InChI is InChI=1S/C22H29N3O3/c1-16-10-12-25(13-11-16)18-6-8-21(23-15-18)24-22(26)9-5-17-4-7-19(27-2)20(14-17)28-3/h4,6-8,14-16H,5,9-13H2,1-3H3,(H,23,24,26). The molecule has 0 spiro atoms. The largest absolute Gasteiger partial charge is 0.493 e. The van der Waals surface area contributed by atoms with Gasteiger partial charge in [0.1, 0.15) is 5.82 Å². The van der Waals surface area contributed by atoms with E-state index in [4.69, 9.17) is 9.47 Å². The van der Waals surface area contributed by atoms with E-state index in [1.807, 2.05) is 36.5 Å². The van der Waals surface area contributed by atoms with Crippen molar-refractivity contribution in [1.29, 1.82) is 0 Å². The molecule has 1 saturated heterocycles. The lowest BCUT2D eigenvalue weighted by atomic mass is 9.99. The second-order valence-electron chi connectivity index (χ2n) is 7.31. The minimum Gasteiger partial charge on any atom is -0.493 e. The molecule has 1 aromatic carbocycles. The second kappa shape index (κ2) is 9.44. The van der Waals surface area contributed by atoms with E-state index in [0.717, 1.165) is 30.3 Å². The average molecular weight is 383 g/mol. The lowest BCUT2D eigenvalue weighted by Gasteiger charge is -2.31. The quantitative estimate of drug-likeness (QED) is 0.785. The number of aromatic nitrogens is 1. The summed E-state index contributed by atoms with van der Waals surface area (Å²) in [5.74, 6) is 2.69. The summed E-state index contributed by atoms with van der Waals surface area (Å²) < 4.78 is 10.5. The number of methoxy groups -OCH3 is 2. The van der Waals surface area contributed by atoms with Crippen LogP contribution in [0.2, 0.25) is 0 Å². The summed E-state index contributed by atoms with van der Waals surface area (Å²) >= 11 is 0. The van der Waals surface area contributed by atoms with Crippen LogP contribution < -0.4 is 19.7 Å². The van der Waals surface area contributed by atoms with Crippen LogP contribution in [0.1, 0.15) is 31.7 Å². The van der Waals surface area contributed by atoms with Gasteiger partial charge in [-0.3, -0.25) is 4.79 Å². The van der Waals surface area contributed by atoms with Crippen molar-refractivity contribution < 1.29 is 14.3 Å². The van der Waals surface area contributed by atoms with Crippen molar-refractivity contribution in [3.63, 3.8) is 0 Å². The first kappa shape index (κ1) is 20.0. The van der Waals surface area contributed by atoms with Crippen LogP contribution in [0, 0.1) is 5.92 Å². The number of piperidine rings is 1. The number of hydrogen-bond acceptors (Lipinski definition) is 5. The Hall–Kier alpha value is -2.76. The third-order valence-electron chi connectivity index (χ3n) is 5.25. The van der Waals surface area contributed by atoms with Crippen LogP contribution >= 0.6 is 0 Å². The first-order valence-corrected chi connectivity index (χ1v) is 9.81. The molecule has 6 nitrogen and oxygen atoms in total. The Balaban J connectivity index is 1.51. The Morgan fingerprint density at radius 2 is 1.89 bits per heavy atom. The fourth-order valence-electron chi connectivity index (χ4n) is 3.41. The van der Waals surface area contributed by atoms with Gasteiger partial charge in [-0.15, -0.1) is 0 Å². The predicted octanol–water partition coefficient (Wildman–Crippen LogP) is 3.91. The number of rotatable bonds is 7. The number of aryl methyl sites for hydroxylation is 1. The molecule has 0 atom stereocenters. The van der Waals surface area contributed by atoms with Crippen molar-refractivity contribution in [2.24, 2.45) is 5.92 Å². The number of benzene rings is 1. The van der Waals surface area contributed by atoms with E-state index in [1.165, 1.54) is 12.8 Å². The molecule has 0 aliphatic carbocycles. The van der Waals surface area contributed by atoms with Crippen LogP contribution in [0.25, 0.3) is 0 Å². The molecule has 150 valence electrons. The normalized spacial score (nSPS) is 14.6. The Morgan fingerprint density at radius 1 is 1.14 bits per heavy atom. The van der Waals surface area contributed by atoms with E-state index in [1.54, 1.807) is 14.2 Å². The minimum atomic E-state index is -0.0539. The summed E-state index contributed by atoms with van der Waals surface area (Å²) in [6, 6.07) is 9.61. The highest BCUT2D eigenvalue weighted by Gasteiger charge is 2.16. The highest BCUT2D eigenvalue weighted by molar-refractivity contribution is 5.90. The highest BCUT2D eigenvalue weighted by atomic mass is 16.5. The van der Waals surface area contributed by atoms with E-state index < -0.39 is 0 Å². The average Bonchev–Trinajstić information content (AvgIpc) is 2.73. The van der Waals surface area contributed by atoms with E-state index in [-0.39, 0.29) is 5.91 Å². The summed E-state index contributed by atoms with van der Waals surface area (Å²) in [4.78, 5) is 19.0. The Labute approximate surface area is 166 Å². The van der Waals surface area contributed by atoms with Gasteiger partial charge in [-0.05, 0) is 55.0 Å². The monoisotopic (exact) mass is 383 g/mol. The minimum absolute atomic E-state index is 0.0539.